The molecule has 0 spiro atoms. The van der Waals surface area contributed by atoms with E-state index in [1.807, 2.05) is 0 Å². The Bertz CT molecular complexity index is 243. The van der Waals surface area contributed by atoms with Gasteiger partial charge in [0, 0.05) is 5.75 Å². The van der Waals surface area contributed by atoms with Gasteiger partial charge in [-0.1, -0.05) is 11.8 Å². The van der Waals surface area contributed by atoms with Gasteiger partial charge >= 0.3 is 0 Å². The lowest BCUT2D eigenvalue weighted by molar-refractivity contribution is 0.162. The van der Waals surface area contributed by atoms with E-state index in [9.17, 15) is 4.39 Å². The lowest BCUT2D eigenvalue weighted by atomic mass is 10.5. The normalized spacial score (nSPS) is 13.2. The number of thioether (sulfide) groups is 1. The molecular formula is C6H9FN2OS2. The Hall–Kier alpha value is -0.200. The molecule has 0 aliphatic carbocycles. The van der Waals surface area contributed by atoms with Gasteiger partial charge in [0.2, 0.25) is 0 Å². The fourth-order valence-corrected chi connectivity index (χ4v) is 2.12. The van der Waals surface area contributed by atoms with Gasteiger partial charge in [-0.05, 0) is 18.5 Å². The number of hydrogen-bond donors (Lipinski definition) is 1. The molecule has 1 aromatic heterocycles. The summed E-state index contributed by atoms with van der Waals surface area (Å²) in [4.78, 5) is 4.05. The molecule has 1 aromatic rings. The highest BCUT2D eigenvalue weighted by Gasteiger charge is 2.06. The Labute approximate surface area is 78.2 Å². The maximum Gasteiger partial charge on any atom is 0.170 e. The molecular weight excluding hydrogens is 199 g/mol. The zero-order valence-electron chi connectivity index (χ0n) is 6.53. The van der Waals surface area contributed by atoms with E-state index in [1.54, 1.807) is 6.92 Å². The van der Waals surface area contributed by atoms with Crippen molar-refractivity contribution in [2.24, 2.45) is 0 Å². The number of alkyl halides is 1. The maximum absolute atomic E-state index is 11.8. The minimum absolute atomic E-state index is 0.338. The van der Waals surface area contributed by atoms with E-state index < -0.39 is 12.8 Å². The van der Waals surface area contributed by atoms with Crippen molar-refractivity contribution in [1.29, 1.82) is 0 Å². The number of aromatic nitrogens is 2. The van der Waals surface area contributed by atoms with Crippen molar-refractivity contribution in [3.63, 3.8) is 0 Å². The standard InChI is InChI=1S/C6H9FN2OS2/c1-4-8-6(12-9-4)11-3-5(10)2-7/h5,10H,2-3H2,1H3. The average molecular weight is 208 g/mol. The van der Waals surface area contributed by atoms with Gasteiger partial charge in [-0.25, -0.2) is 9.37 Å². The second-order valence-electron chi connectivity index (χ2n) is 2.23. The molecule has 0 aromatic carbocycles. The first-order valence-corrected chi connectivity index (χ1v) is 5.15. The van der Waals surface area contributed by atoms with E-state index >= 15 is 0 Å². The first kappa shape index (κ1) is 9.88. The Morgan fingerprint density at radius 2 is 2.50 bits per heavy atom. The van der Waals surface area contributed by atoms with E-state index in [1.165, 1.54) is 23.3 Å². The monoisotopic (exact) mass is 208 g/mol. The molecule has 1 N–H and O–H groups in total. The summed E-state index contributed by atoms with van der Waals surface area (Å²) in [5.74, 6) is 1.06. The van der Waals surface area contributed by atoms with E-state index in [0.717, 1.165) is 10.2 Å². The van der Waals surface area contributed by atoms with Gasteiger partial charge in [0.1, 0.15) is 12.5 Å². The quantitative estimate of drug-likeness (QED) is 0.757. The van der Waals surface area contributed by atoms with Crippen molar-refractivity contribution in [3.8, 4) is 0 Å². The number of nitrogens with zero attached hydrogens (tertiary/aromatic N) is 2. The van der Waals surface area contributed by atoms with Crippen LogP contribution in [0.3, 0.4) is 0 Å². The van der Waals surface area contributed by atoms with Gasteiger partial charge in [-0.2, -0.15) is 4.37 Å². The van der Waals surface area contributed by atoms with Crippen LogP contribution in [0.1, 0.15) is 5.82 Å². The molecule has 6 heteroatoms. The molecule has 12 heavy (non-hydrogen) atoms. The number of hydrogen-bond acceptors (Lipinski definition) is 5. The molecule has 0 amide bonds. The van der Waals surface area contributed by atoms with Crippen molar-refractivity contribution >= 4 is 23.3 Å². The maximum atomic E-state index is 11.8. The molecule has 1 unspecified atom stereocenters. The van der Waals surface area contributed by atoms with Gasteiger partial charge in [0.05, 0.1) is 6.10 Å². The van der Waals surface area contributed by atoms with Crippen LogP contribution < -0.4 is 0 Å². The van der Waals surface area contributed by atoms with Crippen LogP contribution in [-0.4, -0.2) is 33.0 Å². The third kappa shape index (κ3) is 3.04. The minimum atomic E-state index is -0.890. The Kier molecular flexibility index (Phi) is 3.90. The summed E-state index contributed by atoms with van der Waals surface area (Å²) >= 11 is 2.60. The Balaban J connectivity index is 2.33. The summed E-state index contributed by atoms with van der Waals surface area (Å²) in [5.41, 5.74) is 0. The van der Waals surface area contributed by atoms with Crippen LogP contribution in [0.4, 0.5) is 4.39 Å². The van der Waals surface area contributed by atoms with Gasteiger partial charge in [-0.3, -0.25) is 0 Å². The second-order valence-corrected chi connectivity index (χ2v) is 4.25. The van der Waals surface area contributed by atoms with E-state index in [4.69, 9.17) is 5.11 Å². The van der Waals surface area contributed by atoms with Gasteiger partial charge < -0.3 is 5.11 Å². The van der Waals surface area contributed by atoms with Crippen molar-refractivity contribution in [2.75, 3.05) is 12.4 Å². The SMILES string of the molecule is Cc1nsc(SCC(O)CF)n1. The molecule has 0 fully saturated rings. The van der Waals surface area contributed by atoms with Crippen molar-refractivity contribution in [3.05, 3.63) is 5.82 Å². The fourth-order valence-electron chi connectivity index (χ4n) is 0.549. The van der Waals surface area contributed by atoms with Crippen molar-refractivity contribution in [2.45, 2.75) is 17.4 Å². The summed E-state index contributed by atoms with van der Waals surface area (Å²) in [5, 5.41) is 8.89. The average Bonchev–Trinajstić information content (AvgIpc) is 2.47. The molecule has 0 aliphatic rings. The van der Waals surface area contributed by atoms with Crippen LogP contribution in [-0.2, 0) is 0 Å². The molecule has 0 aliphatic heterocycles. The first-order valence-electron chi connectivity index (χ1n) is 3.39. The number of aliphatic hydroxyl groups excluding tert-OH is 1. The zero-order valence-corrected chi connectivity index (χ0v) is 8.16. The molecule has 0 bridgehead atoms. The Morgan fingerprint density at radius 1 is 1.75 bits per heavy atom. The van der Waals surface area contributed by atoms with Gasteiger partial charge in [0.25, 0.3) is 0 Å². The third-order valence-corrected chi connectivity index (χ3v) is 3.16. The topological polar surface area (TPSA) is 46.0 Å². The van der Waals surface area contributed by atoms with Crippen LogP contribution >= 0.6 is 23.3 Å². The highest BCUT2D eigenvalue weighted by atomic mass is 32.2. The predicted molar refractivity (Wildman–Crippen MR) is 47.4 cm³/mol. The van der Waals surface area contributed by atoms with Crippen LogP contribution in [0, 0.1) is 6.92 Å². The lowest BCUT2D eigenvalue weighted by Gasteiger charge is -2.01. The lowest BCUT2D eigenvalue weighted by Crippen LogP contribution is -2.11. The van der Waals surface area contributed by atoms with Gasteiger partial charge in [0.15, 0.2) is 4.34 Å². The molecule has 0 saturated carbocycles. The fraction of sp³-hybridized carbons (Fsp3) is 0.667. The molecule has 1 rings (SSSR count). The minimum Gasteiger partial charge on any atom is -0.390 e. The van der Waals surface area contributed by atoms with Gasteiger partial charge in [-0.15, -0.1) is 0 Å². The first-order chi connectivity index (χ1) is 5.72. The van der Waals surface area contributed by atoms with Crippen LogP contribution in [0.15, 0.2) is 4.34 Å². The highest BCUT2D eigenvalue weighted by molar-refractivity contribution is 8.00. The van der Waals surface area contributed by atoms with E-state index in [-0.39, 0.29) is 0 Å². The van der Waals surface area contributed by atoms with Crippen molar-refractivity contribution in [1.82, 2.24) is 9.36 Å². The molecule has 3 nitrogen and oxygen atoms in total. The van der Waals surface area contributed by atoms with Crippen LogP contribution in [0.25, 0.3) is 0 Å². The smallest absolute Gasteiger partial charge is 0.170 e. The molecule has 1 heterocycles. The molecule has 0 radical (unpaired) electrons. The molecule has 68 valence electrons. The number of aliphatic hydroxyl groups is 1. The van der Waals surface area contributed by atoms with Crippen LogP contribution in [0.2, 0.25) is 0 Å². The molecule has 0 saturated heterocycles. The third-order valence-electron chi connectivity index (χ3n) is 1.09. The van der Waals surface area contributed by atoms with Crippen LogP contribution in [0.5, 0.6) is 0 Å². The predicted octanol–water partition coefficient (Wildman–Crippen LogP) is 1.27. The zero-order chi connectivity index (χ0) is 8.97. The summed E-state index contributed by atoms with van der Waals surface area (Å²) < 4.78 is 16.5. The number of rotatable bonds is 4. The van der Waals surface area contributed by atoms with E-state index in [2.05, 4.69) is 9.36 Å². The number of halogens is 1. The second kappa shape index (κ2) is 4.74. The highest BCUT2D eigenvalue weighted by Crippen LogP contribution is 2.20. The number of aryl methyl sites for hydroxylation is 1. The summed E-state index contributed by atoms with van der Waals surface area (Å²) in [6, 6.07) is 0. The van der Waals surface area contributed by atoms with E-state index in [0.29, 0.717) is 5.75 Å². The summed E-state index contributed by atoms with van der Waals surface area (Å²) in [6.45, 7) is 1.09. The summed E-state index contributed by atoms with van der Waals surface area (Å²) in [7, 11) is 0. The molecule has 1 atom stereocenters. The van der Waals surface area contributed by atoms with Crippen molar-refractivity contribution < 1.29 is 9.50 Å². The largest absolute Gasteiger partial charge is 0.390 e. The summed E-state index contributed by atoms with van der Waals surface area (Å²) in [6.07, 6.45) is -0.890. The Morgan fingerprint density at radius 3 is 3.00 bits per heavy atom.